The van der Waals surface area contributed by atoms with Crippen molar-refractivity contribution >= 4 is 13.7 Å². The molecule has 2 N–H and O–H groups in total. The lowest BCUT2D eigenvalue weighted by Crippen LogP contribution is -2.36. The molecule has 0 saturated carbocycles. The minimum Gasteiger partial charge on any atom is -0.468 e. The summed E-state index contributed by atoms with van der Waals surface area (Å²) in [5.41, 5.74) is 0. The summed E-state index contributed by atoms with van der Waals surface area (Å²) in [6, 6.07) is 7.54. The van der Waals surface area contributed by atoms with Gasteiger partial charge in [-0.3, -0.25) is 9.32 Å². The van der Waals surface area contributed by atoms with E-state index in [-0.39, 0.29) is 12.7 Å². The van der Waals surface area contributed by atoms with E-state index >= 15 is 0 Å². The smallest absolute Gasteiger partial charge is 0.459 e. The van der Waals surface area contributed by atoms with Crippen molar-refractivity contribution in [2.75, 3.05) is 13.7 Å². The normalized spacial score (nSPS) is 26.6. The summed E-state index contributed by atoms with van der Waals surface area (Å²) in [5, 5.41) is 12.5. The maximum absolute atomic E-state index is 13.1. The first-order chi connectivity index (χ1) is 11.8. The zero-order valence-corrected chi connectivity index (χ0v) is 15.3. The summed E-state index contributed by atoms with van der Waals surface area (Å²) < 4.78 is 34.1. The van der Waals surface area contributed by atoms with Crippen LogP contribution in [-0.4, -0.2) is 49.1 Å². The van der Waals surface area contributed by atoms with E-state index in [9.17, 15) is 14.5 Å². The van der Waals surface area contributed by atoms with Crippen LogP contribution in [0.4, 0.5) is 0 Å². The highest BCUT2D eigenvalue weighted by Gasteiger charge is 2.37. The fraction of sp³-hybridized carbons (Fsp3) is 0.562. The predicted octanol–water partition coefficient (Wildman–Crippen LogP) is 1.88. The second-order valence-corrected chi connectivity index (χ2v) is 7.55. The molecule has 0 radical (unpaired) electrons. The Morgan fingerprint density at radius 2 is 2.12 bits per heavy atom. The topological polar surface area (TPSA) is 103 Å². The molecule has 1 aliphatic rings. The van der Waals surface area contributed by atoms with Crippen molar-refractivity contribution in [3.8, 4) is 5.75 Å². The van der Waals surface area contributed by atoms with Gasteiger partial charge in [0.2, 0.25) is 0 Å². The summed E-state index contributed by atoms with van der Waals surface area (Å²) in [5.74, 6) is -0.289. The summed E-state index contributed by atoms with van der Waals surface area (Å²) in [4.78, 5) is 11.6. The molecule has 0 bridgehead atoms. The van der Waals surface area contributed by atoms with Crippen LogP contribution >= 0.6 is 7.75 Å². The first-order valence-electron chi connectivity index (χ1n) is 8.01. The van der Waals surface area contributed by atoms with Crippen molar-refractivity contribution in [2.45, 2.75) is 44.6 Å². The molecular weight excluding hydrogens is 349 g/mol. The van der Waals surface area contributed by atoms with E-state index < -0.39 is 32.0 Å². The van der Waals surface area contributed by atoms with Crippen LogP contribution < -0.4 is 9.61 Å². The molecule has 2 rings (SSSR count). The van der Waals surface area contributed by atoms with Gasteiger partial charge >= 0.3 is 13.7 Å². The van der Waals surface area contributed by atoms with E-state index in [0.29, 0.717) is 12.2 Å². The van der Waals surface area contributed by atoms with Crippen LogP contribution in [0, 0.1) is 0 Å². The summed E-state index contributed by atoms with van der Waals surface area (Å²) in [7, 11) is -2.67. The van der Waals surface area contributed by atoms with Crippen molar-refractivity contribution in [1.82, 2.24) is 5.09 Å². The van der Waals surface area contributed by atoms with Gasteiger partial charge in [0.1, 0.15) is 17.9 Å². The third kappa shape index (κ3) is 5.80. The second kappa shape index (κ2) is 8.78. The lowest BCUT2D eigenvalue weighted by molar-refractivity contribution is -0.142. The molecular formula is C16H24NO7P. The quantitative estimate of drug-likeness (QED) is 0.526. The van der Waals surface area contributed by atoms with Crippen molar-refractivity contribution in [3.05, 3.63) is 30.3 Å². The van der Waals surface area contributed by atoms with E-state index in [1.165, 1.54) is 14.0 Å². The van der Waals surface area contributed by atoms with Gasteiger partial charge in [-0.1, -0.05) is 18.2 Å². The molecule has 1 saturated heterocycles. The SMILES string of the molecule is COC(=O)C(C)NP(=O)(OCC1OC(C)CC1O)Oc1ccccc1. The molecule has 1 aromatic rings. The number of para-hydroxylation sites is 1. The summed E-state index contributed by atoms with van der Waals surface area (Å²) >= 11 is 0. The molecule has 5 atom stereocenters. The Hall–Kier alpha value is -1.44. The lowest BCUT2D eigenvalue weighted by atomic mass is 10.1. The number of esters is 1. The zero-order valence-electron chi connectivity index (χ0n) is 14.5. The number of carbonyl (C=O) groups excluding carboxylic acids is 1. The molecule has 0 amide bonds. The summed E-state index contributed by atoms with van der Waals surface area (Å²) in [6.07, 6.45) is -0.958. The number of hydrogen-bond acceptors (Lipinski definition) is 7. The highest BCUT2D eigenvalue weighted by molar-refractivity contribution is 7.52. The minimum atomic E-state index is -3.91. The van der Waals surface area contributed by atoms with Gasteiger partial charge in [-0.25, -0.2) is 4.57 Å². The number of nitrogens with one attached hydrogen (secondary N) is 1. The van der Waals surface area contributed by atoms with E-state index in [2.05, 4.69) is 9.82 Å². The van der Waals surface area contributed by atoms with E-state index in [1.54, 1.807) is 30.3 Å². The molecule has 1 fully saturated rings. The average molecular weight is 373 g/mol. The molecule has 1 heterocycles. The van der Waals surface area contributed by atoms with Crippen LogP contribution in [-0.2, 0) is 23.4 Å². The Morgan fingerprint density at radius 3 is 2.68 bits per heavy atom. The van der Waals surface area contributed by atoms with E-state index in [0.717, 1.165) is 0 Å². The third-order valence-electron chi connectivity index (χ3n) is 3.69. The van der Waals surface area contributed by atoms with Crippen LogP contribution in [0.5, 0.6) is 5.75 Å². The zero-order chi connectivity index (χ0) is 18.4. The van der Waals surface area contributed by atoms with Crippen LogP contribution in [0.2, 0.25) is 0 Å². The van der Waals surface area contributed by atoms with Crippen molar-refractivity contribution in [1.29, 1.82) is 0 Å². The molecule has 5 unspecified atom stereocenters. The Morgan fingerprint density at radius 1 is 1.44 bits per heavy atom. The van der Waals surface area contributed by atoms with Crippen LogP contribution in [0.15, 0.2) is 30.3 Å². The number of methoxy groups -OCH3 is 1. The number of hydrogen-bond donors (Lipinski definition) is 2. The van der Waals surface area contributed by atoms with Crippen LogP contribution in [0.1, 0.15) is 20.3 Å². The molecule has 8 nitrogen and oxygen atoms in total. The molecule has 25 heavy (non-hydrogen) atoms. The van der Waals surface area contributed by atoms with Gasteiger partial charge in [0, 0.05) is 6.42 Å². The second-order valence-electron chi connectivity index (χ2n) is 5.86. The van der Waals surface area contributed by atoms with Gasteiger partial charge in [-0.2, -0.15) is 5.09 Å². The molecule has 1 aromatic carbocycles. The Balaban J connectivity index is 2.08. The van der Waals surface area contributed by atoms with Gasteiger partial charge in [0.25, 0.3) is 0 Å². The molecule has 140 valence electrons. The van der Waals surface area contributed by atoms with Crippen LogP contribution in [0.3, 0.4) is 0 Å². The van der Waals surface area contributed by atoms with Gasteiger partial charge in [0.15, 0.2) is 0 Å². The number of aliphatic hydroxyl groups excluding tert-OH is 1. The summed E-state index contributed by atoms with van der Waals surface area (Å²) in [6.45, 7) is 3.18. The monoisotopic (exact) mass is 373 g/mol. The largest absolute Gasteiger partial charge is 0.468 e. The third-order valence-corrected chi connectivity index (χ3v) is 5.34. The molecule has 0 aromatic heterocycles. The van der Waals surface area contributed by atoms with Crippen LogP contribution in [0.25, 0.3) is 0 Å². The van der Waals surface area contributed by atoms with E-state index in [1.807, 2.05) is 6.92 Å². The highest BCUT2D eigenvalue weighted by atomic mass is 31.2. The highest BCUT2D eigenvalue weighted by Crippen LogP contribution is 2.45. The van der Waals surface area contributed by atoms with Gasteiger partial charge < -0.3 is 19.1 Å². The van der Waals surface area contributed by atoms with Gasteiger partial charge in [-0.15, -0.1) is 0 Å². The Labute approximate surface area is 147 Å². The fourth-order valence-electron chi connectivity index (χ4n) is 2.44. The standard InChI is InChI=1S/C16H24NO7P/c1-11-9-14(18)15(23-11)10-22-25(20,17-12(2)16(19)21-3)24-13-7-5-4-6-8-13/h4-8,11-12,14-15,18H,9-10H2,1-3H3,(H,17,20). The Bertz CT molecular complexity index is 612. The van der Waals surface area contributed by atoms with Crippen molar-refractivity contribution in [3.63, 3.8) is 0 Å². The number of carbonyl (C=O) groups is 1. The average Bonchev–Trinajstić information content (AvgIpc) is 2.90. The minimum absolute atomic E-state index is 0.111. The lowest BCUT2D eigenvalue weighted by Gasteiger charge is -2.24. The predicted molar refractivity (Wildman–Crippen MR) is 90.2 cm³/mol. The maximum Gasteiger partial charge on any atom is 0.459 e. The molecule has 9 heteroatoms. The number of ether oxygens (including phenoxy) is 2. The Kier molecular flexibility index (Phi) is 6.98. The van der Waals surface area contributed by atoms with E-state index in [4.69, 9.17) is 13.8 Å². The number of rotatable bonds is 8. The maximum atomic E-state index is 13.1. The fourth-order valence-corrected chi connectivity index (χ4v) is 3.94. The molecule has 0 spiro atoms. The number of aliphatic hydroxyl groups is 1. The van der Waals surface area contributed by atoms with Crippen molar-refractivity contribution in [2.24, 2.45) is 0 Å². The van der Waals surface area contributed by atoms with Crippen molar-refractivity contribution < 1.29 is 33.0 Å². The first kappa shape index (κ1) is 19.9. The van der Waals surface area contributed by atoms with Gasteiger partial charge in [0.05, 0.1) is 25.9 Å². The molecule has 0 aliphatic carbocycles. The number of benzene rings is 1. The van der Waals surface area contributed by atoms with Gasteiger partial charge in [-0.05, 0) is 26.0 Å². The molecule has 1 aliphatic heterocycles. The first-order valence-corrected chi connectivity index (χ1v) is 9.55.